The summed E-state index contributed by atoms with van der Waals surface area (Å²) >= 11 is 0. The summed E-state index contributed by atoms with van der Waals surface area (Å²) in [6, 6.07) is 10.1. The van der Waals surface area contributed by atoms with E-state index in [1.165, 1.54) is 31.2 Å². The van der Waals surface area contributed by atoms with Crippen LogP contribution in [0.5, 0.6) is 0 Å². The number of hydrogen-bond acceptors (Lipinski definition) is 5. The van der Waals surface area contributed by atoms with E-state index in [4.69, 9.17) is 4.74 Å². The van der Waals surface area contributed by atoms with Gasteiger partial charge in [0.2, 0.25) is 5.91 Å². The molecule has 2 aromatic carbocycles. The van der Waals surface area contributed by atoms with Crippen LogP contribution in [-0.2, 0) is 14.3 Å². The number of esters is 1. The minimum Gasteiger partial charge on any atom is -0.449 e. The summed E-state index contributed by atoms with van der Waals surface area (Å²) in [5.41, 5.74) is 2.08. The lowest BCUT2D eigenvalue weighted by Gasteiger charge is -2.33. The number of carbonyl (C=O) groups is 3. The topological polar surface area (TPSA) is 87.7 Å². The number of benzene rings is 2. The number of carbonyl (C=O) groups excluding carboxylic acids is 3. The van der Waals surface area contributed by atoms with Gasteiger partial charge in [-0.2, -0.15) is 0 Å². The van der Waals surface area contributed by atoms with Crippen molar-refractivity contribution in [1.82, 2.24) is 0 Å². The molecule has 0 unspecified atom stereocenters. The summed E-state index contributed by atoms with van der Waals surface area (Å²) in [6.45, 7) is 2.25. The molecule has 0 aromatic heterocycles. The molecule has 29 heavy (non-hydrogen) atoms. The van der Waals surface area contributed by atoms with E-state index in [9.17, 15) is 18.8 Å². The predicted octanol–water partition coefficient (Wildman–Crippen LogP) is 2.93. The van der Waals surface area contributed by atoms with Crippen LogP contribution in [0.25, 0.3) is 0 Å². The zero-order chi connectivity index (χ0) is 20.5. The Morgan fingerprint density at radius 1 is 1.24 bits per heavy atom. The highest BCUT2D eigenvalue weighted by atomic mass is 19.1. The van der Waals surface area contributed by atoms with E-state index in [0.717, 1.165) is 25.1 Å². The summed E-state index contributed by atoms with van der Waals surface area (Å²) in [5.74, 6) is -1.70. The molecule has 2 amide bonds. The highest BCUT2D eigenvalue weighted by molar-refractivity contribution is 6.05. The summed E-state index contributed by atoms with van der Waals surface area (Å²) in [5, 5.41) is 5.40. The molecule has 2 aliphatic heterocycles. The Morgan fingerprint density at radius 2 is 2.00 bits per heavy atom. The van der Waals surface area contributed by atoms with Crippen LogP contribution in [0, 0.1) is 5.82 Å². The van der Waals surface area contributed by atoms with E-state index >= 15 is 0 Å². The van der Waals surface area contributed by atoms with Crippen molar-refractivity contribution in [2.45, 2.75) is 31.9 Å². The summed E-state index contributed by atoms with van der Waals surface area (Å²) in [6.07, 6.45) is 0.707. The van der Waals surface area contributed by atoms with Gasteiger partial charge in [-0.25, -0.2) is 9.18 Å². The van der Waals surface area contributed by atoms with Gasteiger partial charge in [0.25, 0.3) is 5.91 Å². The van der Waals surface area contributed by atoms with Gasteiger partial charge in [0.05, 0.1) is 16.9 Å². The van der Waals surface area contributed by atoms with Gasteiger partial charge in [0.15, 0.2) is 6.10 Å². The second-order valence-corrected chi connectivity index (χ2v) is 7.12. The van der Waals surface area contributed by atoms with Crippen LogP contribution in [0.3, 0.4) is 0 Å². The first-order valence-electron chi connectivity index (χ1n) is 9.41. The second kappa shape index (κ2) is 7.54. The molecule has 0 aliphatic carbocycles. The van der Waals surface area contributed by atoms with E-state index in [-0.39, 0.29) is 17.5 Å². The van der Waals surface area contributed by atoms with Crippen LogP contribution in [0.2, 0.25) is 0 Å². The Balaban J connectivity index is 1.43. The Hall–Kier alpha value is -3.42. The molecule has 2 aromatic rings. The quantitative estimate of drug-likeness (QED) is 0.775. The lowest BCUT2D eigenvalue weighted by atomic mass is 10.1. The maximum absolute atomic E-state index is 12.9. The van der Waals surface area contributed by atoms with Gasteiger partial charge in [-0.3, -0.25) is 9.59 Å². The number of halogens is 1. The molecule has 1 saturated heterocycles. The maximum atomic E-state index is 12.9. The molecule has 8 heteroatoms. The van der Waals surface area contributed by atoms with Crippen molar-refractivity contribution in [3.8, 4) is 0 Å². The van der Waals surface area contributed by atoms with Crippen LogP contribution in [0.4, 0.5) is 21.5 Å². The number of nitrogens with one attached hydrogen (secondary N) is 2. The fraction of sp³-hybridized carbons (Fsp3) is 0.286. The van der Waals surface area contributed by atoms with Crippen molar-refractivity contribution >= 4 is 34.8 Å². The molecular weight excluding hydrogens is 377 g/mol. The minimum absolute atomic E-state index is 0.0763. The summed E-state index contributed by atoms with van der Waals surface area (Å²) < 4.78 is 18.2. The molecule has 150 valence electrons. The minimum atomic E-state index is -1.05. The predicted molar refractivity (Wildman–Crippen MR) is 105 cm³/mol. The number of anilines is 3. The molecule has 0 saturated carbocycles. The Bertz CT molecular complexity index is 976. The van der Waals surface area contributed by atoms with Gasteiger partial charge in [-0.15, -0.1) is 0 Å². The smallest absolute Gasteiger partial charge is 0.338 e. The molecule has 7 nitrogen and oxygen atoms in total. The molecule has 2 atom stereocenters. The number of ether oxygens (including phenoxy) is 1. The molecular formula is C21H20FN3O4. The molecule has 4 rings (SSSR count). The van der Waals surface area contributed by atoms with Crippen molar-refractivity contribution in [3.05, 3.63) is 53.8 Å². The number of rotatable bonds is 4. The zero-order valence-corrected chi connectivity index (χ0v) is 15.8. The van der Waals surface area contributed by atoms with E-state index < -0.39 is 23.8 Å². The van der Waals surface area contributed by atoms with Gasteiger partial charge in [-0.05, 0) is 62.2 Å². The van der Waals surface area contributed by atoms with Gasteiger partial charge in [0.1, 0.15) is 11.9 Å². The highest BCUT2D eigenvalue weighted by Crippen LogP contribution is 2.37. The molecule has 0 bridgehead atoms. The third-order valence-electron chi connectivity index (χ3n) is 5.12. The molecule has 0 radical (unpaired) electrons. The van der Waals surface area contributed by atoms with Gasteiger partial charge < -0.3 is 20.3 Å². The largest absolute Gasteiger partial charge is 0.449 e. The number of fused-ring (bicyclic) bond motifs is 3. The third kappa shape index (κ3) is 3.78. The maximum Gasteiger partial charge on any atom is 0.338 e. The van der Waals surface area contributed by atoms with E-state index in [1.54, 1.807) is 18.2 Å². The molecule has 2 heterocycles. The summed E-state index contributed by atoms with van der Waals surface area (Å²) in [7, 11) is 0. The molecule has 1 fully saturated rings. The second-order valence-electron chi connectivity index (χ2n) is 7.12. The monoisotopic (exact) mass is 397 g/mol. The first kappa shape index (κ1) is 18.9. The number of nitrogens with zero attached hydrogens (tertiary/aromatic N) is 1. The zero-order valence-electron chi connectivity index (χ0n) is 15.8. The van der Waals surface area contributed by atoms with E-state index in [2.05, 4.69) is 10.6 Å². The fourth-order valence-electron chi connectivity index (χ4n) is 3.62. The van der Waals surface area contributed by atoms with Crippen LogP contribution in [-0.4, -0.2) is 36.5 Å². The van der Waals surface area contributed by atoms with Gasteiger partial charge >= 0.3 is 5.97 Å². The lowest BCUT2D eigenvalue weighted by molar-refractivity contribution is -0.123. The van der Waals surface area contributed by atoms with Gasteiger partial charge in [-0.1, -0.05) is 0 Å². The number of hydrogen-bond donors (Lipinski definition) is 2. The third-order valence-corrected chi connectivity index (χ3v) is 5.12. The first-order valence-corrected chi connectivity index (χ1v) is 9.41. The standard InChI is InChI=1S/C21H20FN3O4/c1-12(19(26)23-15-7-5-14(22)6-8-15)29-21(28)13-4-9-17-16(11-13)24-20(27)18-3-2-10-25(17)18/h4-9,11-12,18H,2-3,10H2,1H3,(H,23,26)(H,24,27)/t12-,18+/m1/s1. The normalized spacial score (nSPS) is 18.3. The van der Waals surface area contributed by atoms with Crippen molar-refractivity contribution in [2.24, 2.45) is 0 Å². The average Bonchev–Trinajstić information content (AvgIpc) is 3.20. The highest BCUT2D eigenvalue weighted by Gasteiger charge is 2.36. The fourth-order valence-corrected chi connectivity index (χ4v) is 3.62. The van der Waals surface area contributed by atoms with Crippen molar-refractivity contribution < 1.29 is 23.5 Å². The Labute approximate surface area is 166 Å². The Kier molecular flexibility index (Phi) is 4.92. The van der Waals surface area contributed by atoms with Crippen LogP contribution in [0.1, 0.15) is 30.1 Å². The Morgan fingerprint density at radius 3 is 2.76 bits per heavy atom. The van der Waals surface area contributed by atoms with E-state index in [0.29, 0.717) is 11.4 Å². The van der Waals surface area contributed by atoms with Crippen molar-refractivity contribution in [1.29, 1.82) is 0 Å². The first-order chi connectivity index (χ1) is 13.9. The van der Waals surface area contributed by atoms with Crippen LogP contribution in [0.15, 0.2) is 42.5 Å². The average molecular weight is 397 g/mol. The van der Waals surface area contributed by atoms with Crippen molar-refractivity contribution in [2.75, 3.05) is 22.1 Å². The number of amides is 2. The van der Waals surface area contributed by atoms with Crippen LogP contribution >= 0.6 is 0 Å². The van der Waals surface area contributed by atoms with Gasteiger partial charge in [0, 0.05) is 12.2 Å². The van der Waals surface area contributed by atoms with Crippen molar-refractivity contribution in [3.63, 3.8) is 0 Å². The SMILES string of the molecule is C[C@@H](OC(=O)c1ccc2c(c1)NC(=O)[C@@H]1CCCN21)C(=O)Nc1ccc(F)cc1. The van der Waals surface area contributed by atoms with Crippen LogP contribution < -0.4 is 15.5 Å². The molecule has 0 spiro atoms. The molecule has 2 N–H and O–H groups in total. The van der Waals surface area contributed by atoms with E-state index in [1.807, 2.05) is 4.90 Å². The summed E-state index contributed by atoms with van der Waals surface area (Å²) in [4.78, 5) is 39.0. The lowest BCUT2D eigenvalue weighted by Crippen LogP contribution is -2.43. The molecule has 2 aliphatic rings.